The fourth-order valence-electron chi connectivity index (χ4n) is 2.53. The summed E-state index contributed by atoms with van der Waals surface area (Å²) in [6, 6.07) is 13.8. The molecular formula is C16H17N3O. The Hall–Kier alpha value is -2.33. The van der Waals surface area contributed by atoms with E-state index in [-0.39, 0.29) is 6.04 Å². The van der Waals surface area contributed by atoms with E-state index in [9.17, 15) is 0 Å². The fraction of sp³-hybridized carbons (Fsp3) is 0.188. The number of fused-ring (bicyclic) bond motifs is 1. The summed E-state index contributed by atoms with van der Waals surface area (Å²) in [5.41, 5.74) is 10.1. The Morgan fingerprint density at radius 2 is 1.95 bits per heavy atom. The molecule has 0 fully saturated rings. The Morgan fingerprint density at radius 1 is 1.15 bits per heavy atom. The molecule has 4 heteroatoms. The number of hydrogen-bond donors (Lipinski definition) is 1. The molecule has 3 aromatic rings. The van der Waals surface area contributed by atoms with Gasteiger partial charge in [0.1, 0.15) is 12.1 Å². The van der Waals surface area contributed by atoms with E-state index in [1.54, 1.807) is 7.11 Å². The number of nitrogens with zero attached hydrogens (tertiary/aromatic N) is 2. The molecular weight excluding hydrogens is 250 g/mol. The van der Waals surface area contributed by atoms with Crippen LogP contribution in [0, 0.1) is 0 Å². The highest BCUT2D eigenvalue weighted by molar-refractivity contribution is 5.77. The number of imidazole rings is 1. The number of hydrogen-bond acceptors (Lipinski definition) is 3. The molecule has 0 aliphatic rings. The molecule has 1 aromatic heterocycles. The largest absolute Gasteiger partial charge is 0.496 e. The lowest BCUT2D eigenvalue weighted by Crippen LogP contribution is -2.11. The minimum atomic E-state index is -0.123. The van der Waals surface area contributed by atoms with E-state index in [2.05, 4.69) is 9.55 Å². The van der Waals surface area contributed by atoms with Crippen molar-refractivity contribution < 1.29 is 4.74 Å². The van der Waals surface area contributed by atoms with Gasteiger partial charge in [0.25, 0.3) is 0 Å². The highest BCUT2D eigenvalue weighted by atomic mass is 16.5. The van der Waals surface area contributed by atoms with Crippen LogP contribution in [0.25, 0.3) is 16.7 Å². The summed E-state index contributed by atoms with van der Waals surface area (Å²) in [6.45, 7) is 1.96. The zero-order valence-corrected chi connectivity index (χ0v) is 11.6. The monoisotopic (exact) mass is 267 g/mol. The third-order valence-corrected chi connectivity index (χ3v) is 3.43. The van der Waals surface area contributed by atoms with E-state index in [4.69, 9.17) is 10.5 Å². The van der Waals surface area contributed by atoms with Gasteiger partial charge in [-0.2, -0.15) is 0 Å². The van der Waals surface area contributed by atoms with Gasteiger partial charge in [0.15, 0.2) is 0 Å². The second-order valence-electron chi connectivity index (χ2n) is 4.79. The molecule has 1 atom stereocenters. The molecule has 2 aromatic carbocycles. The number of benzene rings is 2. The van der Waals surface area contributed by atoms with Crippen LogP contribution in [0.15, 0.2) is 48.8 Å². The first-order valence-corrected chi connectivity index (χ1v) is 6.57. The number of rotatable bonds is 3. The molecule has 0 spiro atoms. The van der Waals surface area contributed by atoms with Gasteiger partial charge in [0.05, 0.1) is 23.8 Å². The first-order chi connectivity index (χ1) is 9.72. The van der Waals surface area contributed by atoms with Crippen molar-refractivity contribution in [2.75, 3.05) is 7.11 Å². The van der Waals surface area contributed by atoms with Crippen molar-refractivity contribution in [3.63, 3.8) is 0 Å². The van der Waals surface area contributed by atoms with Crippen LogP contribution in [0.3, 0.4) is 0 Å². The number of ether oxygens (including phenoxy) is 1. The fourth-order valence-corrected chi connectivity index (χ4v) is 2.53. The molecule has 0 amide bonds. The van der Waals surface area contributed by atoms with Crippen molar-refractivity contribution in [3.05, 3.63) is 54.4 Å². The van der Waals surface area contributed by atoms with Gasteiger partial charge in [0, 0.05) is 11.6 Å². The predicted molar refractivity (Wildman–Crippen MR) is 80.2 cm³/mol. The van der Waals surface area contributed by atoms with Gasteiger partial charge < -0.3 is 10.5 Å². The maximum absolute atomic E-state index is 6.13. The van der Waals surface area contributed by atoms with Crippen LogP contribution in [-0.4, -0.2) is 16.7 Å². The minimum Gasteiger partial charge on any atom is -0.496 e. The van der Waals surface area contributed by atoms with Crippen LogP contribution in [0.4, 0.5) is 0 Å². The molecule has 20 heavy (non-hydrogen) atoms. The molecule has 0 saturated heterocycles. The van der Waals surface area contributed by atoms with Crippen molar-refractivity contribution in [2.45, 2.75) is 13.0 Å². The van der Waals surface area contributed by atoms with Crippen LogP contribution < -0.4 is 10.5 Å². The van der Waals surface area contributed by atoms with Crippen LogP contribution in [-0.2, 0) is 0 Å². The molecule has 0 bridgehead atoms. The summed E-state index contributed by atoms with van der Waals surface area (Å²) in [5.74, 6) is 0.801. The minimum absolute atomic E-state index is 0.123. The summed E-state index contributed by atoms with van der Waals surface area (Å²) in [4.78, 5) is 4.43. The normalized spacial score (nSPS) is 12.6. The van der Waals surface area contributed by atoms with Gasteiger partial charge in [-0.1, -0.05) is 18.2 Å². The highest BCUT2D eigenvalue weighted by Crippen LogP contribution is 2.31. The van der Waals surface area contributed by atoms with Gasteiger partial charge in [-0.15, -0.1) is 0 Å². The van der Waals surface area contributed by atoms with Crippen molar-refractivity contribution >= 4 is 11.0 Å². The quantitative estimate of drug-likeness (QED) is 0.793. The number of nitrogens with two attached hydrogens (primary N) is 1. The molecule has 102 valence electrons. The maximum Gasteiger partial charge on any atom is 0.125 e. The topological polar surface area (TPSA) is 53.1 Å². The molecule has 0 aliphatic carbocycles. The predicted octanol–water partition coefficient (Wildman–Crippen LogP) is 3.05. The molecule has 3 rings (SSSR count). The number of methoxy groups -OCH3 is 1. The van der Waals surface area contributed by atoms with E-state index in [1.807, 2.05) is 55.7 Å². The van der Waals surface area contributed by atoms with E-state index < -0.39 is 0 Å². The summed E-state index contributed by atoms with van der Waals surface area (Å²) in [7, 11) is 1.66. The SMILES string of the molecule is COc1cccc(-n2cnc3ccccc32)c1[C@@H](C)N. The second kappa shape index (κ2) is 4.98. The van der Waals surface area contributed by atoms with E-state index in [1.165, 1.54) is 0 Å². The summed E-state index contributed by atoms with van der Waals surface area (Å²) >= 11 is 0. The van der Waals surface area contributed by atoms with Gasteiger partial charge >= 0.3 is 0 Å². The molecule has 0 unspecified atom stereocenters. The van der Waals surface area contributed by atoms with Gasteiger partial charge in [-0.05, 0) is 31.2 Å². The lowest BCUT2D eigenvalue weighted by Gasteiger charge is -2.17. The maximum atomic E-state index is 6.13. The zero-order chi connectivity index (χ0) is 14.1. The molecule has 2 N–H and O–H groups in total. The number of aromatic nitrogens is 2. The second-order valence-corrected chi connectivity index (χ2v) is 4.79. The lowest BCUT2D eigenvalue weighted by atomic mass is 10.0. The van der Waals surface area contributed by atoms with Crippen molar-refractivity contribution in [1.29, 1.82) is 0 Å². The van der Waals surface area contributed by atoms with Crippen molar-refractivity contribution in [1.82, 2.24) is 9.55 Å². The first-order valence-electron chi connectivity index (χ1n) is 6.57. The Morgan fingerprint density at radius 3 is 2.70 bits per heavy atom. The Kier molecular flexibility index (Phi) is 3.16. The average Bonchev–Trinajstić information content (AvgIpc) is 2.90. The number of para-hydroxylation sites is 2. The van der Waals surface area contributed by atoms with Gasteiger partial charge in [-0.3, -0.25) is 4.57 Å². The molecule has 0 saturated carbocycles. The molecule has 0 radical (unpaired) electrons. The molecule has 0 aliphatic heterocycles. The third-order valence-electron chi connectivity index (χ3n) is 3.43. The summed E-state index contributed by atoms with van der Waals surface area (Å²) in [6.07, 6.45) is 1.82. The van der Waals surface area contributed by atoms with Crippen molar-refractivity contribution in [3.8, 4) is 11.4 Å². The van der Waals surface area contributed by atoms with Gasteiger partial charge in [-0.25, -0.2) is 4.98 Å². The van der Waals surface area contributed by atoms with Crippen LogP contribution in [0.1, 0.15) is 18.5 Å². The first kappa shape index (κ1) is 12.7. The Balaban J connectivity index is 2.29. The summed E-state index contributed by atoms with van der Waals surface area (Å²) < 4.78 is 7.50. The van der Waals surface area contributed by atoms with Gasteiger partial charge in [0.2, 0.25) is 0 Å². The lowest BCUT2D eigenvalue weighted by molar-refractivity contribution is 0.406. The average molecular weight is 267 g/mol. The van der Waals surface area contributed by atoms with Crippen LogP contribution in [0.5, 0.6) is 5.75 Å². The molecule has 4 nitrogen and oxygen atoms in total. The smallest absolute Gasteiger partial charge is 0.125 e. The van der Waals surface area contributed by atoms with Crippen molar-refractivity contribution in [2.24, 2.45) is 5.73 Å². The molecule has 1 heterocycles. The van der Waals surface area contributed by atoms with E-state index >= 15 is 0 Å². The highest BCUT2D eigenvalue weighted by Gasteiger charge is 2.15. The van der Waals surface area contributed by atoms with Crippen LogP contribution in [0.2, 0.25) is 0 Å². The Bertz CT molecular complexity index is 746. The standard InChI is InChI=1S/C16H17N3O/c1-11(17)16-14(8-5-9-15(16)20-2)19-10-18-12-6-3-4-7-13(12)19/h3-11H,17H2,1-2H3/t11-/m1/s1. The zero-order valence-electron chi connectivity index (χ0n) is 11.6. The third kappa shape index (κ3) is 1.94. The van der Waals surface area contributed by atoms with Crippen LogP contribution >= 0.6 is 0 Å². The Labute approximate surface area is 117 Å². The van der Waals surface area contributed by atoms with E-state index in [0.717, 1.165) is 28.0 Å². The van der Waals surface area contributed by atoms with E-state index in [0.29, 0.717) is 0 Å². The summed E-state index contributed by atoms with van der Waals surface area (Å²) in [5, 5.41) is 0.